The van der Waals surface area contributed by atoms with Crippen LogP contribution in [0.3, 0.4) is 0 Å². The van der Waals surface area contributed by atoms with Crippen LogP contribution in [-0.2, 0) is 17.6 Å². The van der Waals surface area contributed by atoms with Gasteiger partial charge in [-0.3, -0.25) is 9.69 Å². The molecule has 0 radical (unpaired) electrons. The smallest absolute Gasteiger partial charge is 0.317 e. The lowest BCUT2D eigenvalue weighted by Gasteiger charge is -2.42. The van der Waals surface area contributed by atoms with Crippen molar-refractivity contribution in [3.63, 3.8) is 0 Å². The minimum atomic E-state index is -0.782. The first-order chi connectivity index (χ1) is 11.1. The molecular formula is C17H22N4O2. The summed E-state index contributed by atoms with van der Waals surface area (Å²) in [5.74, 6) is -0.0896. The third-order valence-corrected chi connectivity index (χ3v) is 4.89. The fourth-order valence-corrected chi connectivity index (χ4v) is 3.54. The lowest BCUT2D eigenvalue weighted by atomic mass is 9.85. The van der Waals surface area contributed by atoms with Crippen molar-refractivity contribution in [1.82, 2.24) is 9.88 Å². The van der Waals surface area contributed by atoms with Crippen LogP contribution in [0.4, 0.5) is 5.82 Å². The van der Waals surface area contributed by atoms with Gasteiger partial charge >= 0.3 is 5.97 Å². The van der Waals surface area contributed by atoms with E-state index in [1.807, 2.05) is 17.9 Å². The Morgan fingerprint density at radius 1 is 1.52 bits per heavy atom. The second kappa shape index (κ2) is 6.55. The standard InChI is InChI=1S/C17H22N4O2/c1-2-21(10-16(22)23)14-7-13(8-14)19-17-12(9-18)6-11-4-3-5-15(11)20-17/h6,13-14H,2-5,7-8,10H2,1H3,(H,19,20)(H,22,23). The largest absolute Gasteiger partial charge is 0.480 e. The van der Waals surface area contributed by atoms with Crippen LogP contribution in [-0.4, -0.2) is 46.1 Å². The van der Waals surface area contributed by atoms with E-state index in [0.29, 0.717) is 17.4 Å². The first kappa shape index (κ1) is 15.8. The van der Waals surface area contributed by atoms with Gasteiger partial charge in [0, 0.05) is 17.8 Å². The SMILES string of the molecule is CCN(CC(=O)O)C1CC(Nc2nc3c(cc2C#N)CCC3)C1. The summed E-state index contributed by atoms with van der Waals surface area (Å²) in [6.45, 7) is 2.82. The Balaban J connectivity index is 1.62. The van der Waals surface area contributed by atoms with Gasteiger partial charge in [-0.05, 0) is 50.3 Å². The summed E-state index contributed by atoms with van der Waals surface area (Å²) in [5.41, 5.74) is 2.94. The van der Waals surface area contributed by atoms with Gasteiger partial charge in [0.25, 0.3) is 0 Å². The maximum absolute atomic E-state index is 10.9. The van der Waals surface area contributed by atoms with Crippen molar-refractivity contribution >= 4 is 11.8 Å². The summed E-state index contributed by atoms with van der Waals surface area (Å²) in [5, 5.41) is 21.6. The topological polar surface area (TPSA) is 89.2 Å². The third-order valence-electron chi connectivity index (χ3n) is 4.89. The van der Waals surface area contributed by atoms with Crippen LogP contribution in [0.5, 0.6) is 0 Å². The maximum atomic E-state index is 10.9. The van der Waals surface area contributed by atoms with Crippen molar-refractivity contribution in [1.29, 1.82) is 5.26 Å². The number of pyridine rings is 1. The van der Waals surface area contributed by atoms with Gasteiger partial charge < -0.3 is 10.4 Å². The molecule has 0 spiro atoms. The Morgan fingerprint density at radius 2 is 2.30 bits per heavy atom. The molecular weight excluding hydrogens is 292 g/mol. The molecule has 0 aliphatic heterocycles. The second-order valence-electron chi connectivity index (χ2n) is 6.38. The highest BCUT2D eigenvalue weighted by molar-refractivity contribution is 5.69. The lowest BCUT2D eigenvalue weighted by Crippen LogP contribution is -2.51. The minimum Gasteiger partial charge on any atom is -0.480 e. The molecule has 6 heteroatoms. The van der Waals surface area contributed by atoms with Crippen molar-refractivity contribution in [2.24, 2.45) is 0 Å². The molecule has 3 rings (SSSR count). The number of aliphatic carboxylic acids is 1. The molecule has 1 saturated carbocycles. The Labute approximate surface area is 136 Å². The van der Waals surface area contributed by atoms with Crippen molar-refractivity contribution in [2.75, 3.05) is 18.4 Å². The van der Waals surface area contributed by atoms with E-state index in [2.05, 4.69) is 16.4 Å². The third kappa shape index (κ3) is 3.30. The zero-order valence-corrected chi connectivity index (χ0v) is 13.4. The quantitative estimate of drug-likeness (QED) is 0.832. The van der Waals surface area contributed by atoms with Crippen LogP contribution in [0.15, 0.2) is 6.07 Å². The van der Waals surface area contributed by atoms with Gasteiger partial charge in [-0.1, -0.05) is 6.92 Å². The summed E-state index contributed by atoms with van der Waals surface area (Å²) in [4.78, 5) is 17.5. The number of likely N-dealkylation sites (N-methyl/N-ethyl adjacent to an activating group) is 1. The van der Waals surface area contributed by atoms with Crippen molar-refractivity contribution in [3.05, 3.63) is 22.9 Å². The van der Waals surface area contributed by atoms with E-state index < -0.39 is 5.97 Å². The molecule has 23 heavy (non-hydrogen) atoms. The van der Waals surface area contributed by atoms with Crippen LogP contribution in [0.1, 0.15) is 43.0 Å². The van der Waals surface area contributed by atoms with Gasteiger partial charge in [-0.25, -0.2) is 4.98 Å². The molecule has 0 unspecified atom stereocenters. The van der Waals surface area contributed by atoms with Crippen molar-refractivity contribution in [3.8, 4) is 6.07 Å². The van der Waals surface area contributed by atoms with Crippen LogP contribution in [0.25, 0.3) is 0 Å². The molecule has 0 saturated heterocycles. The van der Waals surface area contributed by atoms with E-state index in [-0.39, 0.29) is 12.6 Å². The number of carboxylic acid groups (broad SMARTS) is 1. The summed E-state index contributed by atoms with van der Waals surface area (Å²) < 4.78 is 0. The van der Waals surface area contributed by atoms with Crippen molar-refractivity contribution in [2.45, 2.75) is 51.1 Å². The lowest BCUT2D eigenvalue weighted by molar-refractivity contribution is -0.139. The van der Waals surface area contributed by atoms with Crippen molar-refractivity contribution < 1.29 is 9.90 Å². The molecule has 1 aromatic rings. The minimum absolute atomic E-state index is 0.0917. The van der Waals surface area contributed by atoms with E-state index in [1.165, 1.54) is 5.56 Å². The van der Waals surface area contributed by atoms with Crippen LogP contribution in [0, 0.1) is 11.3 Å². The number of nitriles is 1. The molecule has 0 bridgehead atoms. The fourth-order valence-electron chi connectivity index (χ4n) is 3.54. The molecule has 0 aromatic carbocycles. The first-order valence-corrected chi connectivity index (χ1v) is 8.26. The highest BCUT2D eigenvalue weighted by Crippen LogP contribution is 2.31. The summed E-state index contributed by atoms with van der Waals surface area (Å²) in [7, 11) is 0. The highest BCUT2D eigenvalue weighted by Gasteiger charge is 2.34. The average molecular weight is 314 g/mol. The van der Waals surface area contributed by atoms with Gasteiger partial charge in [0.15, 0.2) is 0 Å². The molecule has 1 heterocycles. The first-order valence-electron chi connectivity index (χ1n) is 8.26. The van der Waals surface area contributed by atoms with E-state index >= 15 is 0 Å². The van der Waals surface area contributed by atoms with Crippen LogP contribution >= 0.6 is 0 Å². The molecule has 122 valence electrons. The molecule has 2 N–H and O–H groups in total. The monoisotopic (exact) mass is 314 g/mol. The van der Waals surface area contributed by atoms with Crippen LogP contribution in [0.2, 0.25) is 0 Å². The van der Waals surface area contributed by atoms with Gasteiger partial charge in [0.2, 0.25) is 0 Å². The molecule has 0 amide bonds. The Kier molecular flexibility index (Phi) is 4.49. The molecule has 2 aliphatic carbocycles. The number of hydrogen-bond acceptors (Lipinski definition) is 5. The Morgan fingerprint density at radius 3 is 2.96 bits per heavy atom. The number of carbonyl (C=O) groups is 1. The van der Waals surface area contributed by atoms with Gasteiger partial charge in [-0.2, -0.15) is 5.26 Å². The zero-order valence-electron chi connectivity index (χ0n) is 13.4. The summed E-state index contributed by atoms with van der Waals surface area (Å²) in [6.07, 6.45) is 4.91. The Hall–Kier alpha value is -2.13. The number of rotatable bonds is 6. The van der Waals surface area contributed by atoms with E-state index in [0.717, 1.165) is 44.3 Å². The molecule has 1 aromatic heterocycles. The number of nitrogens with one attached hydrogen (secondary N) is 1. The van der Waals surface area contributed by atoms with E-state index in [1.54, 1.807) is 0 Å². The molecule has 6 nitrogen and oxygen atoms in total. The number of hydrogen-bond donors (Lipinski definition) is 2. The normalized spacial score (nSPS) is 22.3. The predicted molar refractivity (Wildman–Crippen MR) is 86.3 cm³/mol. The number of carboxylic acids is 1. The Bertz CT molecular complexity index is 647. The molecule has 1 fully saturated rings. The number of anilines is 1. The maximum Gasteiger partial charge on any atom is 0.317 e. The summed E-state index contributed by atoms with van der Waals surface area (Å²) in [6, 6.07) is 4.77. The highest BCUT2D eigenvalue weighted by atomic mass is 16.4. The predicted octanol–water partition coefficient (Wildman–Crippen LogP) is 1.79. The zero-order chi connectivity index (χ0) is 16.4. The van der Waals surface area contributed by atoms with E-state index in [4.69, 9.17) is 5.11 Å². The second-order valence-corrected chi connectivity index (χ2v) is 6.38. The molecule has 2 aliphatic rings. The number of aryl methyl sites for hydroxylation is 2. The van der Waals surface area contributed by atoms with Gasteiger partial charge in [0.05, 0.1) is 12.1 Å². The van der Waals surface area contributed by atoms with Crippen LogP contribution < -0.4 is 5.32 Å². The summed E-state index contributed by atoms with van der Waals surface area (Å²) >= 11 is 0. The number of nitrogens with zero attached hydrogens (tertiary/aromatic N) is 3. The van der Waals surface area contributed by atoms with E-state index in [9.17, 15) is 10.1 Å². The molecule has 0 atom stereocenters. The van der Waals surface area contributed by atoms with Gasteiger partial charge in [-0.15, -0.1) is 0 Å². The number of fused-ring (bicyclic) bond motifs is 1. The average Bonchev–Trinajstić information content (AvgIpc) is 2.94. The fraction of sp³-hybridized carbons (Fsp3) is 0.588. The number of aromatic nitrogens is 1. The van der Waals surface area contributed by atoms with Gasteiger partial charge in [0.1, 0.15) is 11.9 Å².